The van der Waals surface area contributed by atoms with Crippen LogP contribution in [0.25, 0.3) is 11.2 Å². The van der Waals surface area contributed by atoms with Gasteiger partial charge in [-0.3, -0.25) is 4.79 Å². The first-order chi connectivity index (χ1) is 14.3. The van der Waals surface area contributed by atoms with Crippen LogP contribution in [0.2, 0.25) is 0 Å². The van der Waals surface area contributed by atoms with Gasteiger partial charge in [0.25, 0.3) is 5.91 Å². The number of pyridine rings is 1. The van der Waals surface area contributed by atoms with E-state index in [1.54, 1.807) is 18.6 Å². The molecular weight excluding hydrogens is 366 g/mol. The van der Waals surface area contributed by atoms with Crippen molar-refractivity contribution in [2.24, 2.45) is 0 Å². The van der Waals surface area contributed by atoms with E-state index in [1.165, 1.54) is 25.7 Å². The minimum absolute atomic E-state index is 0.0794. The fourth-order valence-electron chi connectivity index (χ4n) is 4.44. The molecule has 1 N–H and O–H groups in total. The largest absolute Gasteiger partial charge is 0.349 e. The van der Waals surface area contributed by atoms with E-state index in [2.05, 4.69) is 34.7 Å². The number of aromatic nitrogens is 5. The summed E-state index contributed by atoms with van der Waals surface area (Å²) < 4.78 is 2.17. The lowest BCUT2D eigenvalue weighted by atomic mass is 10.0. The molecule has 5 rings (SSSR count). The monoisotopic (exact) mass is 391 g/mol. The zero-order valence-corrected chi connectivity index (χ0v) is 16.4. The third-order valence-electron chi connectivity index (χ3n) is 6.06. The molecule has 0 bridgehead atoms. The smallest absolute Gasteiger partial charge is 0.253 e. The molecule has 2 fully saturated rings. The number of hydrogen-bond donors (Lipinski definition) is 1. The number of amides is 1. The predicted octanol–water partition coefficient (Wildman–Crippen LogP) is 2.74. The zero-order chi connectivity index (χ0) is 19.6. The van der Waals surface area contributed by atoms with Gasteiger partial charge in [0.05, 0.1) is 11.9 Å². The molecule has 1 aliphatic heterocycles. The van der Waals surface area contributed by atoms with Crippen LogP contribution in [0.5, 0.6) is 0 Å². The van der Waals surface area contributed by atoms with Crippen LogP contribution < -0.4 is 10.2 Å². The molecule has 2 aliphatic rings. The maximum Gasteiger partial charge on any atom is 0.253 e. The number of imidazole rings is 1. The van der Waals surface area contributed by atoms with Crippen LogP contribution in [0.15, 0.2) is 37.1 Å². The summed E-state index contributed by atoms with van der Waals surface area (Å²) in [7, 11) is 0. The highest BCUT2D eigenvalue weighted by Gasteiger charge is 2.24. The molecule has 1 saturated carbocycles. The Kier molecular flexibility index (Phi) is 4.83. The summed E-state index contributed by atoms with van der Waals surface area (Å²) in [4.78, 5) is 32.6. The first-order valence-corrected chi connectivity index (χ1v) is 10.4. The number of carbonyl (C=O) groups excluding carboxylic acids is 1. The Morgan fingerprint density at radius 1 is 1.00 bits per heavy atom. The molecule has 29 heavy (non-hydrogen) atoms. The van der Waals surface area contributed by atoms with Crippen molar-refractivity contribution in [2.75, 3.05) is 18.0 Å². The van der Waals surface area contributed by atoms with Gasteiger partial charge < -0.3 is 14.8 Å². The van der Waals surface area contributed by atoms with E-state index in [0.717, 1.165) is 43.0 Å². The van der Waals surface area contributed by atoms with Crippen molar-refractivity contribution in [1.29, 1.82) is 0 Å². The average molecular weight is 391 g/mol. The Balaban J connectivity index is 1.22. The summed E-state index contributed by atoms with van der Waals surface area (Å²) in [5, 5.41) is 3.15. The van der Waals surface area contributed by atoms with Crippen LogP contribution in [-0.2, 0) is 0 Å². The molecule has 1 saturated heterocycles. The first kappa shape index (κ1) is 18.0. The lowest BCUT2D eigenvalue weighted by Gasteiger charge is -2.32. The van der Waals surface area contributed by atoms with Gasteiger partial charge >= 0.3 is 0 Å². The summed E-state index contributed by atoms with van der Waals surface area (Å²) in [6, 6.07) is 4.31. The molecule has 150 valence electrons. The van der Waals surface area contributed by atoms with Crippen molar-refractivity contribution in [3.05, 3.63) is 42.6 Å². The van der Waals surface area contributed by atoms with Gasteiger partial charge in [-0.15, -0.1) is 0 Å². The molecule has 3 aromatic heterocycles. The Bertz CT molecular complexity index is 989. The standard InChI is InChI=1S/C21H25N7O/c29-20(26-16-6-10-27(11-7-16)21-22-8-3-9-23-21)15-12-18-19(24-13-15)28(14-25-18)17-4-1-2-5-17/h3,8-9,12-14,16-17H,1-2,4-7,10-11H2,(H,26,29). The molecule has 4 heterocycles. The third-order valence-corrected chi connectivity index (χ3v) is 6.06. The molecule has 1 aliphatic carbocycles. The lowest BCUT2D eigenvalue weighted by molar-refractivity contribution is 0.0931. The molecule has 0 spiro atoms. The molecule has 1 amide bonds. The minimum Gasteiger partial charge on any atom is -0.349 e. The highest BCUT2D eigenvalue weighted by atomic mass is 16.1. The Morgan fingerprint density at radius 3 is 2.52 bits per heavy atom. The number of rotatable bonds is 4. The van der Waals surface area contributed by atoms with E-state index in [4.69, 9.17) is 0 Å². The van der Waals surface area contributed by atoms with E-state index in [9.17, 15) is 4.79 Å². The van der Waals surface area contributed by atoms with Crippen LogP contribution in [0, 0.1) is 0 Å². The number of carbonyl (C=O) groups is 1. The number of hydrogen-bond acceptors (Lipinski definition) is 6. The van der Waals surface area contributed by atoms with Crippen LogP contribution in [-0.4, -0.2) is 49.5 Å². The van der Waals surface area contributed by atoms with Crippen LogP contribution in [0.4, 0.5) is 5.95 Å². The summed E-state index contributed by atoms with van der Waals surface area (Å²) in [5.74, 6) is 0.675. The van der Waals surface area contributed by atoms with E-state index in [0.29, 0.717) is 11.6 Å². The predicted molar refractivity (Wildman–Crippen MR) is 110 cm³/mol. The van der Waals surface area contributed by atoms with Gasteiger partial charge in [0.1, 0.15) is 5.52 Å². The van der Waals surface area contributed by atoms with Gasteiger partial charge in [0.2, 0.25) is 5.95 Å². The SMILES string of the molecule is O=C(NC1CCN(c2ncccn2)CC1)c1cnc2c(c1)ncn2C1CCCC1. The molecule has 8 heteroatoms. The second-order valence-corrected chi connectivity index (χ2v) is 7.94. The number of anilines is 1. The van der Waals surface area contributed by atoms with Crippen molar-refractivity contribution < 1.29 is 4.79 Å². The van der Waals surface area contributed by atoms with Gasteiger partial charge in [0.15, 0.2) is 5.65 Å². The summed E-state index contributed by atoms with van der Waals surface area (Å²) in [5.41, 5.74) is 2.24. The topological polar surface area (TPSA) is 88.8 Å². The maximum absolute atomic E-state index is 12.7. The van der Waals surface area contributed by atoms with Gasteiger partial charge in [0, 0.05) is 43.8 Å². The lowest BCUT2D eigenvalue weighted by Crippen LogP contribution is -2.45. The highest BCUT2D eigenvalue weighted by molar-refractivity contribution is 5.96. The number of fused-ring (bicyclic) bond motifs is 1. The third kappa shape index (κ3) is 3.66. The van der Waals surface area contributed by atoms with Gasteiger partial charge in [-0.1, -0.05) is 12.8 Å². The van der Waals surface area contributed by atoms with Crippen molar-refractivity contribution in [3.8, 4) is 0 Å². The number of piperidine rings is 1. The molecule has 0 radical (unpaired) electrons. The van der Waals surface area contributed by atoms with Crippen LogP contribution >= 0.6 is 0 Å². The van der Waals surface area contributed by atoms with Crippen molar-refractivity contribution >= 4 is 23.0 Å². The van der Waals surface area contributed by atoms with Crippen LogP contribution in [0.1, 0.15) is 54.9 Å². The Morgan fingerprint density at radius 2 is 1.76 bits per heavy atom. The van der Waals surface area contributed by atoms with E-state index in [1.807, 2.05) is 18.5 Å². The van der Waals surface area contributed by atoms with Gasteiger partial charge in [-0.25, -0.2) is 19.9 Å². The fraction of sp³-hybridized carbons (Fsp3) is 0.476. The van der Waals surface area contributed by atoms with Crippen molar-refractivity contribution in [3.63, 3.8) is 0 Å². The van der Waals surface area contributed by atoms with Gasteiger partial charge in [-0.05, 0) is 37.8 Å². The number of nitrogens with zero attached hydrogens (tertiary/aromatic N) is 6. The molecular formula is C21H25N7O. The summed E-state index contributed by atoms with van der Waals surface area (Å²) in [6.07, 6.45) is 13.7. The highest BCUT2D eigenvalue weighted by Crippen LogP contribution is 2.31. The van der Waals surface area contributed by atoms with Gasteiger partial charge in [-0.2, -0.15) is 0 Å². The molecule has 0 aromatic carbocycles. The molecule has 0 atom stereocenters. The van der Waals surface area contributed by atoms with E-state index >= 15 is 0 Å². The summed E-state index contributed by atoms with van der Waals surface area (Å²) in [6.45, 7) is 1.66. The second kappa shape index (κ2) is 7.77. The maximum atomic E-state index is 12.7. The summed E-state index contributed by atoms with van der Waals surface area (Å²) >= 11 is 0. The van der Waals surface area contributed by atoms with E-state index < -0.39 is 0 Å². The first-order valence-electron chi connectivity index (χ1n) is 10.4. The van der Waals surface area contributed by atoms with E-state index in [-0.39, 0.29) is 11.9 Å². The zero-order valence-electron chi connectivity index (χ0n) is 16.4. The molecule has 8 nitrogen and oxygen atoms in total. The Labute approximate surface area is 169 Å². The quantitative estimate of drug-likeness (QED) is 0.736. The average Bonchev–Trinajstić information content (AvgIpc) is 3.44. The minimum atomic E-state index is -0.0794. The normalized spacial score (nSPS) is 18.4. The molecule has 0 unspecified atom stereocenters. The molecule has 3 aromatic rings. The number of nitrogens with one attached hydrogen (secondary N) is 1. The Hall–Kier alpha value is -3.03. The second-order valence-electron chi connectivity index (χ2n) is 7.94. The van der Waals surface area contributed by atoms with Crippen LogP contribution in [0.3, 0.4) is 0 Å². The van der Waals surface area contributed by atoms with Crippen molar-refractivity contribution in [2.45, 2.75) is 50.6 Å². The fourth-order valence-corrected chi connectivity index (χ4v) is 4.44. The van der Waals surface area contributed by atoms with Crippen molar-refractivity contribution in [1.82, 2.24) is 29.8 Å².